The van der Waals surface area contributed by atoms with E-state index in [-0.39, 0.29) is 42.6 Å². The maximum Gasteiger partial charge on any atom is 0.245 e. The van der Waals surface area contributed by atoms with Gasteiger partial charge in [-0.2, -0.15) is 0 Å². The maximum atomic E-state index is 13.9. The summed E-state index contributed by atoms with van der Waals surface area (Å²) in [6, 6.07) is 16.5. The first-order valence-corrected chi connectivity index (χ1v) is 13.7. The van der Waals surface area contributed by atoms with Gasteiger partial charge >= 0.3 is 0 Å². The van der Waals surface area contributed by atoms with Gasteiger partial charge < -0.3 is 35.3 Å². The third-order valence-electron chi connectivity index (χ3n) is 7.77. The Morgan fingerprint density at radius 1 is 1.12 bits per heavy atom. The van der Waals surface area contributed by atoms with Crippen molar-refractivity contribution < 1.29 is 23.9 Å². The zero-order chi connectivity index (χ0) is 28.2. The van der Waals surface area contributed by atoms with Crippen molar-refractivity contribution >= 4 is 28.6 Å². The molecule has 0 radical (unpaired) electrons. The molecule has 2 aliphatic rings. The Morgan fingerprint density at radius 3 is 2.58 bits per heavy atom. The molecule has 4 N–H and O–H groups in total. The highest BCUT2D eigenvalue weighted by atomic mass is 16.7. The summed E-state index contributed by atoms with van der Waals surface area (Å²) >= 11 is 0. The van der Waals surface area contributed by atoms with Gasteiger partial charge in [-0.3, -0.25) is 14.4 Å². The highest BCUT2D eigenvalue weighted by Crippen LogP contribution is 2.29. The number of aromatic amines is 1. The summed E-state index contributed by atoms with van der Waals surface area (Å²) in [5.41, 5.74) is 8.73. The van der Waals surface area contributed by atoms with Crippen molar-refractivity contribution in [1.82, 2.24) is 20.1 Å². The molecule has 2 saturated heterocycles. The molecule has 10 heteroatoms. The van der Waals surface area contributed by atoms with Gasteiger partial charge in [-0.1, -0.05) is 55.5 Å². The van der Waals surface area contributed by atoms with Gasteiger partial charge in [0.25, 0.3) is 0 Å². The van der Waals surface area contributed by atoms with Gasteiger partial charge in [-0.15, -0.1) is 0 Å². The third kappa shape index (κ3) is 6.19. The number of carbonyl (C=O) groups is 3. The molecular formula is C30H37N5O5. The number of benzene rings is 2. The molecular weight excluding hydrogens is 510 g/mol. The van der Waals surface area contributed by atoms with Crippen LogP contribution in [0.2, 0.25) is 0 Å². The number of H-pyrrole nitrogens is 1. The van der Waals surface area contributed by atoms with Gasteiger partial charge in [0, 0.05) is 49.6 Å². The molecule has 0 bridgehead atoms. The minimum Gasteiger partial charge on any atom is -0.361 e. The minimum absolute atomic E-state index is 0.0709. The predicted molar refractivity (Wildman–Crippen MR) is 150 cm³/mol. The summed E-state index contributed by atoms with van der Waals surface area (Å²) in [5.74, 6) is -1.54. The average molecular weight is 548 g/mol. The number of hydrogen-bond acceptors (Lipinski definition) is 6. The number of nitrogens with zero attached hydrogens (tertiary/aromatic N) is 2. The number of hydrogen-bond donors (Lipinski definition) is 3. The topological polar surface area (TPSA) is 130 Å². The number of amides is 3. The Morgan fingerprint density at radius 2 is 1.82 bits per heavy atom. The molecule has 212 valence electrons. The number of likely N-dealkylation sites (N-methyl/N-ethyl adjacent to an activating group) is 1. The van der Waals surface area contributed by atoms with E-state index in [1.165, 1.54) is 4.90 Å². The number of ether oxygens (including phenoxy) is 2. The van der Waals surface area contributed by atoms with Gasteiger partial charge in [0.1, 0.15) is 6.04 Å². The minimum atomic E-state index is -0.860. The highest BCUT2D eigenvalue weighted by Gasteiger charge is 2.38. The van der Waals surface area contributed by atoms with Crippen LogP contribution in [0.4, 0.5) is 0 Å². The van der Waals surface area contributed by atoms with Crippen LogP contribution in [0.25, 0.3) is 10.9 Å². The number of carbonyl (C=O) groups excluding carboxylic acids is 3. The molecule has 3 amide bonds. The summed E-state index contributed by atoms with van der Waals surface area (Å²) in [4.78, 5) is 46.7. The van der Waals surface area contributed by atoms with E-state index in [0.717, 1.165) is 22.0 Å². The number of nitrogens with one attached hydrogen (secondary N) is 2. The standard InChI is InChI=1S/C30H37N5O5/c1-19(24-13-32-25-11-7-6-10-23(24)25)28(30(38)34(2)16-27-39-17-22(31)18-40-27)33-29(37)21-12-26(36)35(15-21)14-20-8-4-3-5-9-20/h3-11,13,19,21-22,27-28,32H,12,14-18,31H2,1-2H3,(H,33,37). The molecule has 5 rings (SSSR count). The highest BCUT2D eigenvalue weighted by molar-refractivity contribution is 5.94. The van der Waals surface area contributed by atoms with E-state index in [2.05, 4.69) is 10.3 Å². The second-order valence-electron chi connectivity index (χ2n) is 10.8. The normalized spacial score (nSPS) is 22.7. The van der Waals surface area contributed by atoms with Crippen LogP contribution in [0.1, 0.15) is 30.4 Å². The van der Waals surface area contributed by atoms with Crippen molar-refractivity contribution in [2.45, 2.75) is 44.2 Å². The van der Waals surface area contributed by atoms with Crippen molar-refractivity contribution in [3.8, 4) is 0 Å². The lowest BCUT2D eigenvalue weighted by molar-refractivity contribution is -0.193. The van der Waals surface area contributed by atoms with Gasteiger partial charge in [0.05, 0.1) is 31.7 Å². The van der Waals surface area contributed by atoms with Crippen LogP contribution in [0.15, 0.2) is 60.8 Å². The van der Waals surface area contributed by atoms with Crippen LogP contribution in [0, 0.1) is 5.92 Å². The molecule has 0 saturated carbocycles. The van der Waals surface area contributed by atoms with Gasteiger partial charge in [-0.25, -0.2) is 0 Å². The summed E-state index contributed by atoms with van der Waals surface area (Å²) in [7, 11) is 1.67. The summed E-state index contributed by atoms with van der Waals surface area (Å²) < 4.78 is 11.3. The lowest BCUT2D eigenvalue weighted by Gasteiger charge is -2.33. The summed E-state index contributed by atoms with van der Waals surface area (Å²) in [6.07, 6.45) is 1.41. The van der Waals surface area contributed by atoms with Gasteiger partial charge in [0.15, 0.2) is 6.29 Å². The third-order valence-corrected chi connectivity index (χ3v) is 7.77. The molecule has 3 aromatic rings. The molecule has 2 aromatic carbocycles. The second-order valence-corrected chi connectivity index (χ2v) is 10.8. The van der Waals surface area contributed by atoms with Crippen molar-refractivity contribution in [1.29, 1.82) is 0 Å². The SMILES string of the molecule is CC(c1c[nH]c2ccccc12)C(NC(=O)C1CC(=O)N(Cc2ccccc2)C1)C(=O)N(C)CC1OCC(N)CO1. The number of para-hydroxylation sites is 1. The van der Waals surface area contributed by atoms with E-state index in [1.807, 2.05) is 67.7 Å². The van der Waals surface area contributed by atoms with Crippen LogP contribution < -0.4 is 11.1 Å². The Balaban J connectivity index is 1.32. The smallest absolute Gasteiger partial charge is 0.245 e. The lowest BCUT2D eigenvalue weighted by Crippen LogP contribution is -2.54. The molecule has 2 aliphatic heterocycles. The predicted octanol–water partition coefficient (Wildman–Crippen LogP) is 1.96. The van der Waals surface area contributed by atoms with Crippen LogP contribution in [-0.2, 0) is 30.4 Å². The van der Waals surface area contributed by atoms with Gasteiger partial charge in [0.2, 0.25) is 17.7 Å². The Hall–Kier alpha value is -3.73. The fourth-order valence-electron chi connectivity index (χ4n) is 5.44. The van der Waals surface area contributed by atoms with Crippen LogP contribution in [0.3, 0.4) is 0 Å². The summed E-state index contributed by atoms with van der Waals surface area (Å²) in [6.45, 7) is 3.60. The molecule has 0 aliphatic carbocycles. The van der Waals surface area contributed by atoms with Crippen molar-refractivity contribution in [3.63, 3.8) is 0 Å². The number of aromatic nitrogens is 1. The van der Waals surface area contributed by atoms with E-state index < -0.39 is 18.2 Å². The molecule has 2 fully saturated rings. The molecule has 1 aromatic heterocycles. The quantitative estimate of drug-likeness (QED) is 0.376. The second kappa shape index (κ2) is 12.2. The van der Waals surface area contributed by atoms with Crippen LogP contribution in [-0.4, -0.2) is 84.2 Å². The monoisotopic (exact) mass is 547 g/mol. The van der Waals surface area contributed by atoms with E-state index in [9.17, 15) is 14.4 Å². The Bertz CT molecular complexity index is 1340. The van der Waals surface area contributed by atoms with Crippen molar-refractivity contribution in [2.24, 2.45) is 11.7 Å². The first-order chi connectivity index (χ1) is 19.3. The fraction of sp³-hybridized carbons (Fsp3) is 0.433. The Labute approximate surface area is 233 Å². The van der Waals surface area contributed by atoms with Crippen LogP contribution in [0.5, 0.6) is 0 Å². The van der Waals surface area contributed by atoms with Crippen LogP contribution >= 0.6 is 0 Å². The molecule has 10 nitrogen and oxygen atoms in total. The average Bonchev–Trinajstić information content (AvgIpc) is 3.56. The molecule has 3 atom stereocenters. The largest absolute Gasteiger partial charge is 0.361 e. The molecule has 40 heavy (non-hydrogen) atoms. The number of nitrogens with two attached hydrogens (primary N) is 1. The lowest BCUT2D eigenvalue weighted by atomic mass is 9.91. The van der Waals surface area contributed by atoms with Crippen molar-refractivity contribution in [3.05, 3.63) is 71.9 Å². The van der Waals surface area contributed by atoms with E-state index in [1.54, 1.807) is 11.9 Å². The maximum absolute atomic E-state index is 13.9. The van der Waals surface area contributed by atoms with E-state index >= 15 is 0 Å². The number of likely N-dealkylation sites (tertiary alicyclic amines) is 1. The molecule has 3 unspecified atom stereocenters. The fourth-order valence-corrected chi connectivity index (χ4v) is 5.44. The molecule has 3 heterocycles. The molecule has 0 spiro atoms. The van der Waals surface area contributed by atoms with E-state index in [4.69, 9.17) is 15.2 Å². The summed E-state index contributed by atoms with van der Waals surface area (Å²) in [5, 5.41) is 4.01. The van der Waals surface area contributed by atoms with Crippen molar-refractivity contribution in [2.75, 3.05) is 33.4 Å². The first-order valence-electron chi connectivity index (χ1n) is 13.7. The number of fused-ring (bicyclic) bond motifs is 1. The van der Waals surface area contributed by atoms with E-state index in [0.29, 0.717) is 26.3 Å². The first kappa shape index (κ1) is 27.8. The zero-order valence-electron chi connectivity index (χ0n) is 22.9. The zero-order valence-corrected chi connectivity index (χ0v) is 22.9. The Kier molecular flexibility index (Phi) is 8.49. The van der Waals surface area contributed by atoms with Gasteiger partial charge in [-0.05, 0) is 17.2 Å². The number of rotatable bonds is 9.